The van der Waals surface area contributed by atoms with E-state index in [0.29, 0.717) is 5.92 Å². The summed E-state index contributed by atoms with van der Waals surface area (Å²) in [5.74, 6) is 1.62. The highest BCUT2D eigenvalue weighted by Gasteiger charge is 2.20. The van der Waals surface area contributed by atoms with Crippen molar-refractivity contribution in [2.24, 2.45) is 5.92 Å². The first-order valence-corrected chi connectivity index (χ1v) is 6.71. The van der Waals surface area contributed by atoms with Crippen LogP contribution in [0.3, 0.4) is 0 Å². The minimum absolute atomic E-state index is 0.703. The highest BCUT2D eigenvalue weighted by Crippen LogP contribution is 2.39. The summed E-state index contributed by atoms with van der Waals surface area (Å²) in [6.07, 6.45) is 0. The fourth-order valence-electron chi connectivity index (χ4n) is 2.29. The first-order chi connectivity index (χ1) is 8.56. The molecule has 4 heteroatoms. The van der Waals surface area contributed by atoms with Crippen LogP contribution in [0.15, 0.2) is 0 Å². The van der Waals surface area contributed by atoms with Crippen molar-refractivity contribution in [1.29, 1.82) is 0 Å². The molecule has 0 aliphatic carbocycles. The second kappa shape index (κ2) is 5.37. The first kappa shape index (κ1) is 13.5. The number of ether oxygens (including phenoxy) is 1. The van der Waals surface area contributed by atoms with Crippen LogP contribution in [0, 0.1) is 26.7 Å². The van der Waals surface area contributed by atoms with Crippen molar-refractivity contribution in [3.8, 4) is 5.75 Å². The molecule has 2 rings (SSSR count). The van der Waals surface area contributed by atoms with E-state index in [0.717, 1.165) is 52.8 Å². The van der Waals surface area contributed by atoms with Gasteiger partial charge in [0.05, 0.1) is 12.8 Å². The highest BCUT2D eigenvalue weighted by atomic mass is 35.5. The molecule has 1 aliphatic heterocycles. The summed E-state index contributed by atoms with van der Waals surface area (Å²) >= 11 is 6.37. The Morgan fingerprint density at radius 1 is 1.22 bits per heavy atom. The van der Waals surface area contributed by atoms with E-state index in [9.17, 15) is 0 Å². The zero-order valence-corrected chi connectivity index (χ0v) is 12.2. The predicted molar refractivity (Wildman–Crippen MR) is 77.1 cm³/mol. The topological polar surface area (TPSA) is 33.3 Å². The van der Waals surface area contributed by atoms with Crippen LogP contribution in [0.2, 0.25) is 5.02 Å². The van der Waals surface area contributed by atoms with Crippen molar-refractivity contribution in [3.63, 3.8) is 0 Å². The summed E-state index contributed by atoms with van der Waals surface area (Å²) in [6, 6.07) is 0. The molecule has 3 nitrogen and oxygen atoms in total. The van der Waals surface area contributed by atoms with Crippen molar-refractivity contribution >= 4 is 17.3 Å². The molecule has 100 valence electrons. The Labute approximate surface area is 114 Å². The number of methoxy groups -OCH3 is 1. The summed E-state index contributed by atoms with van der Waals surface area (Å²) in [5, 5.41) is 7.60. The van der Waals surface area contributed by atoms with E-state index in [1.165, 1.54) is 0 Å². The monoisotopic (exact) mass is 268 g/mol. The number of nitrogens with one attached hydrogen (secondary N) is 2. The normalized spacial score (nSPS) is 15.4. The third kappa shape index (κ3) is 2.29. The number of anilines is 1. The van der Waals surface area contributed by atoms with Gasteiger partial charge in [-0.25, -0.2) is 0 Å². The fraction of sp³-hybridized carbons (Fsp3) is 0.571. The van der Waals surface area contributed by atoms with Crippen LogP contribution in [0.5, 0.6) is 5.75 Å². The standard InChI is InChI=1S/C14H21ClN2O/c1-8-9(2)14(18-4)13(10(3)12(8)15)17-7-11-5-16-6-11/h11,16-17H,5-7H2,1-4H3. The molecule has 1 fully saturated rings. The van der Waals surface area contributed by atoms with Crippen molar-refractivity contribution < 1.29 is 4.74 Å². The van der Waals surface area contributed by atoms with Gasteiger partial charge in [0, 0.05) is 30.6 Å². The maximum atomic E-state index is 6.37. The van der Waals surface area contributed by atoms with Gasteiger partial charge in [0.1, 0.15) is 5.75 Å². The maximum absolute atomic E-state index is 6.37. The van der Waals surface area contributed by atoms with Crippen LogP contribution in [0.1, 0.15) is 16.7 Å². The lowest BCUT2D eigenvalue weighted by Gasteiger charge is -2.29. The molecule has 18 heavy (non-hydrogen) atoms. The van der Waals surface area contributed by atoms with E-state index in [-0.39, 0.29) is 0 Å². The van der Waals surface area contributed by atoms with Crippen LogP contribution in [-0.4, -0.2) is 26.7 Å². The number of rotatable bonds is 4. The van der Waals surface area contributed by atoms with Crippen molar-refractivity contribution in [3.05, 3.63) is 21.7 Å². The Bertz CT molecular complexity index is 456. The van der Waals surface area contributed by atoms with E-state index in [1.807, 2.05) is 13.8 Å². The van der Waals surface area contributed by atoms with Crippen LogP contribution in [-0.2, 0) is 0 Å². The largest absolute Gasteiger partial charge is 0.494 e. The van der Waals surface area contributed by atoms with Gasteiger partial charge in [0.25, 0.3) is 0 Å². The molecule has 0 amide bonds. The van der Waals surface area contributed by atoms with Gasteiger partial charge in [-0.05, 0) is 37.5 Å². The maximum Gasteiger partial charge on any atom is 0.145 e. The van der Waals surface area contributed by atoms with E-state index < -0.39 is 0 Å². The Morgan fingerprint density at radius 3 is 2.39 bits per heavy atom. The molecule has 0 radical (unpaired) electrons. The van der Waals surface area contributed by atoms with E-state index in [2.05, 4.69) is 17.6 Å². The summed E-state index contributed by atoms with van der Waals surface area (Å²) in [5.41, 5.74) is 4.32. The first-order valence-electron chi connectivity index (χ1n) is 6.34. The van der Waals surface area contributed by atoms with Gasteiger partial charge in [0.15, 0.2) is 0 Å². The second-order valence-corrected chi connectivity index (χ2v) is 5.38. The van der Waals surface area contributed by atoms with E-state index in [4.69, 9.17) is 16.3 Å². The van der Waals surface area contributed by atoms with Gasteiger partial charge < -0.3 is 15.4 Å². The Hall–Kier alpha value is -0.930. The minimum atomic E-state index is 0.703. The molecule has 0 saturated carbocycles. The predicted octanol–water partition coefficient (Wildman–Crippen LogP) is 2.91. The number of hydrogen-bond donors (Lipinski definition) is 2. The van der Waals surface area contributed by atoms with Gasteiger partial charge in [-0.15, -0.1) is 0 Å². The zero-order chi connectivity index (χ0) is 13.3. The van der Waals surface area contributed by atoms with E-state index in [1.54, 1.807) is 7.11 Å². The van der Waals surface area contributed by atoms with Gasteiger partial charge >= 0.3 is 0 Å². The molecule has 0 unspecified atom stereocenters. The second-order valence-electron chi connectivity index (χ2n) is 5.00. The molecule has 2 N–H and O–H groups in total. The van der Waals surface area contributed by atoms with Gasteiger partial charge in [0.2, 0.25) is 0 Å². The lowest BCUT2D eigenvalue weighted by atomic mass is 10.0. The Morgan fingerprint density at radius 2 is 1.89 bits per heavy atom. The van der Waals surface area contributed by atoms with E-state index >= 15 is 0 Å². The molecule has 1 heterocycles. The molecular weight excluding hydrogens is 248 g/mol. The molecule has 1 aliphatic rings. The Balaban J connectivity index is 2.31. The molecule has 0 aromatic heterocycles. The van der Waals surface area contributed by atoms with Crippen LogP contribution >= 0.6 is 11.6 Å². The quantitative estimate of drug-likeness (QED) is 0.881. The molecular formula is C14H21ClN2O. The molecule has 0 atom stereocenters. The number of hydrogen-bond acceptors (Lipinski definition) is 3. The molecule has 0 spiro atoms. The Kier molecular flexibility index (Phi) is 4.03. The molecule has 0 bridgehead atoms. The van der Waals surface area contributed by atoms with Crippen LogP contribution < -0.4 is 15.4 Å². The van der Waals surface area contributed by atoms with Crippen molar-refractivity contribution in [2.75, 3.05) is 32.1 Å². The average Bonchev–Trinajstić information content (AvgIpc) is 2.31. The molecule has 1 aromatic rings. The van der Waals surface area contributed by atoms with Crippen LogP contribution in [0.25, 0.3) is 0 Å². The third-order valence-electron chi connectivity index (χ3n) is 3.80. The summed E-state index contributed by atoms with van der Waals surface area (Å²) in [4.78, 5) is 0. The lowest BCUT2D eigenvalue weighted by molar-refractivity contribution is 0.364. The van der Waals surface area contributed by atoms with Gasteiger partial charge in [-0.3, -0.25) is 0 Å². The SMILES string of the molecule is COc1c(C)c(C)c(Cl)c(C)c1NCC1CNC1. The zero-order valence-electron chi connectivity index (χ0n) is 11.5. The summed E-state index contributed by atoms with van der Waals surface area (Å²) < 4.78 is 5.54. The van der Waals surface area contributed by atoms with Gasteiger partial charge in [-0.2, -0.15) is 0 Å². The van der Waals surface area contributed by atoms with Gasteiger partial charge in [-0.1, -0.05) is 11.6 Å². The lowest BCUT2D eigenvalue weighted by Crippen LogP contribution is -2.45. The van der Waals surface area contributed by atoms with Crippen LogP contribution in [0.4, 0.5) is 5.69 Å². The highest BCUT2D eigenvalue weighted by molar-refractivity contribution is 6.32. The van der Waals surface area contributed by atoms with Crippen molar-refractivity contribution in [1.82, 2.24) is 5.32 Å². The number of halogens is 1. The van der Waals surface area contributed by atoms with Crippen molar-refractivity contribution in [2.45, 2.75) is 20.8 Å². The average molecular weight is 269 g/mol. The minimum Gasteiger partial charge on any atom is -0.494 e. The third-order valence-corrected chi connectivity index (χ3v) is 4.37. The number of benzene rings is 1. The smallest absolute Gasteiger partial charge is 0.145 e. The summed E-state index contributed by atoms with van der Waals surface area (Å²) in [6.45, 7) is 9.27. The fourth-order valence-corrected chi connectivity index (χ4v) is 2.53. The summed E-state index contributed by atoms with van der Waals surface area (Å²) in [7, 11) is 1.71. The molecule has 1 aromatic carbocycles. The molecule has 1 saturated heterocycles.